The van der Waals surface area contributed by atoms with Crippen molar-refractivity contribution in [2.75, 3.05) is 33.3 Å². The van der Waals surface area contributed by atoms with E-state index in [2.05, 4.69) is 42.3 Å². The Hall–Kier alpha value is -1.06. The smallest absolute Gasteiger partial charge is 0.123 e. The van der Waals surface area contributed by atoms with E-state index in [0.717, 1.165) is 18.8 Å². The van der Waals surface area contributed by atoms with Gasteiger partial charge in [0.05, 0.1) is 7.11 Å². The van der Waals surface area contributed by atoms with E-state index in [9.17, 15) is 0 Å². The molecule has 1 aromatic rings. The molecule has 0 amide bonds. The van der Waals surface area contributed by atoms with E-state index in [4.69, 9.17) is 4.74 Å². The third-order valence-corrected chi connectivity index (χ3v) is 4.35. The van der Waals surface area contributed by atoms with Crippen molar-refractivity contribution in [1.82, 2.24) is 10.2 Å². The summed E-state index contributed by atoms with van der Waals surface area (Å²) in [5.74, 6) is 1.00. The van der Waals surface area contributed by atoms with Crippen molar-refractivity contribution in [2.24, 2.45) is 0 Å². The summed E-state index contributed by atoms with van der Waals surface area (Å²) in [7, 11) is 1.77. The highest BCUT2D eigenvalue weighted by Crippen LogP contribution is 2.27. The maximum Gasteiger partial charge on any atom is 0.123 e. The number of rotatable bonds is 6. The molecule has 3 nitrogen and oxygen atoms in total. The molecule has 2 rings (SSSR count). The molecule has 0 spiro atoms. The van der Waals surface area contributed by atoms with Crippen LogP contribution in [0.3, 0.4) is 0 Å². The van der Waals surface area contributed by atoms with E-state index >= 15 is 0 Å². The summed E-state index contributed by atoms with van der Waals surface area (Å²) in [4.78, 5) is 2.61. The number of benzene rings is 1. The number of likely N-dealkylation sites (tertiary alicyclic amines) is 1. The van der Waals surface area contributed by atoms with E-state index in [1.807, 2.05) is 0 Å². The second-order valence-electron chi connectivity index (χ2n) is 6.07. The fourth-order valence-electron chi connectivity index (χ4n) is 3.22. The molecule has 0 radical (unpaired) electrons. The van der Waals surface area contributed by atoms with Gasteiger partial charge in [-0.2, -0.15) is 0 Å². The van der Waals surface area contributed by atoms with Gasteiger partial charge in [0.25, 0.3) is 0 Å². The minimum atomic E-state index is 0.350. The van der Waals surface area contributed by atoms with Crippen LogP contribution in [-0.4, -0.2) is 38.2 Å². The Morgan fingerprint density at radius 1 is 1.19 bits per heavy atom. The third-order valence-electron chi connectivity index (χ3n) is 4.35. The molecular weight excluding hydrogens is 260 g/mol. The van der Waals surface area contributed by atoms with Gasteiger partial charge in [0.15, 0.2) is 0 Å². The largest absolute Gasteiger partial charge is 0.496 e. The normalized spacial score (nSPS) is 18.2. The average molecular weight is 290 g/mol. The second-order valence-corrected chi connectivity index (χ2v) is 6.07. The van der Waals surface area contributed by atoms with Crippen molar-refractivity contribution in [2.45, 2.75) is 45.6 Å². The van der Waals surface area contributed by atoms with Gasteiger partial charge < -0.3 is 15.0 Å². The monoisotopic (exact) mass is 290 g/mol. The van der Waals surface area contributed by atoms with E-state index in [-0.39, 0.29) is 0 Å². The average Bonchev–Trinajstić information content (AvgIpc) is 2.75. The van der Waals surface area contributed by atoms with Gasteiger partial charge in [-0.05, 0) is 45.5 Å². The Morgan fingerprint density at radius 3 is 2.52 bits per heavy atom. The van der Waals surface area contributed by atoms with E-state index in [0.29, 0.717) is 6.04 Å². The molecule has 21 heavy (non-hydrogen) atoms. The van der Waals surface area contributed by atoms with Crippen LogP contribution in [0.4, 0.5) is 0 Å². The van der Waals surface area contributed by atoms with Gasteiger partial charge in [0.2, 0.25) is 0 Å². The molecular formula is C18H30N2O. The van der Waals surface area contributed by atoms with Crippen molar-refractivity contribution >= 4 is 0 Å². The van der Waals surface area contributed by atoms with E-state index < -0.39 is 0 Å². The van der Waals surface area contributed by atoms with Crippen LogP contribution in [-0.2, 0) is 0 Å². The third kappa shape index (κ3) is 4.72. The Balaban J connectivity index is 2.15. The van der Waals surface area contributed by atoms with Crippen LogP contribution >= 0.6 is 0 Å². The predicted octanol–water partition coefficient (Wildman–Crippen LogP) is 3.53. The van der Waals surface area contributed by atoms with Gasteiger partial charge in [-0.3, -0.25) is 0 Å². The molecule has 118 valence electrons. The Morgan fingerprint density at radius 2 is 1.90 bits per heavy atom. The number of methoxy groups -OCH3 is 1. The summed E-state index contributed by atoms with van der Waals surface area (Å²) >= 11 is 0. The van der Waals surface area contributed by atoms with Crippen molar-refractivity contribution < 1.29 is 4.74 Å². The minimum Gasteiger partial charge on any atom is -0.496 e. The zero-order valence-corrected chi connectivity index (χ0v) is 13.8. The van der Waals surface area contributed by atoms with Crippen molar-refractivity contribution in [3.8, 4) is 5.75 Å². The highest BCUT2D eigenvalue weighted by Gasteiger charge is 2.19. The van der Waals surface area contributed by atoms with Gasteiger partial charge in [0, 0.05) is 18.2 Å². The van der Waals surface area contributed by atoms with Gasteiger partial charge in [0.1, 0.15) is 5.75 Å². The maximum atomic E-state index is 5.58. The molecule has 0 aliphatic carbocycles. The van der Waals surface area contributed by atoms with Crippen molar-refractivity contribution in [3.05, 3.63) is 29.3 Å². The lowest BCUT2D eigenvalue weighted by Crippen LogP contribution is -2.36. The molecule has 1 saturated heterocycles. The molecule has 1 aliphatic heterocycles. The molecule has 1 heterocycles. The van der Waals surface area contributed by atoms with Crippen LogP contribution < -0.4 is 10.1 Å². The fraction of sp³-hybridized carbons (Fsp3) is 0.667. The predicted molar refractivity (Wildman–Crippen MR) is 89.1 cm³/mol. The van der Waals surface area contributed by atoms with Crippen molar-refractivity contribution in [1.29, 1.82) is 0 Å². The number of hydrogen-bond acceptors (Lipinski definition) is 3. The lowest BCUT2D eigenvalue weighted by atomic mass is 10.0. The van der Waals surface area contributed by atoms with Gasteiger partial charge in [-0.1, -0.05) is 37.5 Å². The second kappa shape index (κ2) is 8.40. The Bertz CT molecular complexity index is 425. The molecule has 0 saturated carbocycles. The Kier molecular flexibility index (Phi) is 6.52. The number of aryl methyl sites for hydroxylation is 1. The quantitative estimate of drug-likeness (QED) is 0.867. The molecule has 1 N–H and O–H groups in total. The number of likely N-dealkylation sites (N-methyl/N-ethyl adjacent to an activating group) is 1. The summed E-state index contributed by atoms with van der Waals surface area (Å²) in [5.41, 5.74) is 2.59. The minimum absolute atomic E-state index is 0.350. The zero-order chi connectivity index (χ0) is 15.1. The molecule has 1 fully saturated rings. The van der Waals surface area contributed by atoms with Crippen LogP contribution in [0, 0.1) is 6.92 Å². The SMILES string of the molecule is CCNC(CN1CCCCCC1)c1cc(C)ccc1OC. The van der Waals surface area contributed by atoms with Crippen LogP contribution in [0.2, 0.25) is 0 Å². The van der Waals surface area contributed by atoms with E-state index in [1.54, 1.807) is 7.11 Å². The maximum absolute atomic E-state index is 5.58. The van der Waals surface area contributed by atoms with Crippen LogP contribution in [0.5, 0.6) is 5.75 Å². The van der Waals surface area contributed by atoms with Crippen LogP contribution in [0.1, 0.15) is 49.8 Å². The summed E-state index contributed by atoms with van der Waals surface area (Å²) in [6.45, 7) is 8.85. The molecule has 1 unspecified atom stereocenters. The number of nitrogens with one attached hydrogen (secondary N) is 1. The lowest BCUT2D eigenvalue weighted by Gasteiger charge is -2.28. The standard InChI is InChI=1S/C18H30N2O/c1-4-19-17(14-20-11-7-5-6-8-12-20)16-13-15(2)9-10-18(16)21-3/h9-10,13,17,19H,4-8,11-12,14H2,1-3H3. The number of nitrogens with zero attached hydrogens (tertiary/aromatic N) is 1. The van der Waals surface area contributed by atoms with Crippen LogP contribution in [0.25, 0.3) is 0 Å². The first-order valence-electron chi connectivity index (χ1n) is 8.35. The molecule has 1 atom stereocenters. The van der Waals surface area contributed by atoms with Crippen LogP contribution in [0.15, 0.2) is 18.2 Å². The molecule has 1 aliphatic rings. The number of hydrogen-bond donors (Lipinski definition) is 1. The van der Waals surface area contributed by atoms with Gasteiger partial charge >= 0.3 is 0 Å². The molecule has 0 aromatic heterocycles. The summed E-state index contributed by atoms with van der Waals surface area (Å²) in [6, 6.07) is 6.83. The zero-order valence-electron chi connectivity index (χ0n) is 13.8. The fourth-order valence-corrected chi connectivity index (χ4v) is 3.22. The van der Waals surface area contributed by atoms with Gasteiger partial charge in [-0.25, -0.2) is 0 Å². The first kappa shape index (κ1) is 16.3. The Labute approximate surface area is 129 Å². The lowest BCUT2D eigenvalue weighted by molar-refractivity contribution is 0.249. The van der Waals surface area contributed by atoms with Crippen molar-refractivity contribution in [3.63, 3.8) is 0 Å². The highest BCUT2D eigenvalue weighted by atomic mass is 16.5. The first-order valence-corrected chi connectivity index (χ1v) is 8.35. The number of ether oxygens (including phenoxy) is 1. The summed E-state index contributed by atoms with van der Waals surface area (Å²) in [6.07, 6.45) is 5.44. The molecule has 3 heteroatoms. The van der Waals surface area contributed by atoms with E-state index in [1.165, 1.54) is 49.9 Å². The summed E-state index contributed by atoms with van der Waals surface area (Å²) < 4.78 is 5.58. The topological polar surface area (TPSA) is 24.5 Å². The molecule has 1 aromatic carbocycles. The highest BCUT2D eigenvalue weighted by molar-refractivity contribution is 5.39. The summed E-state index contributed by atoms with van der Waals surface area (Å²) in [5, 5.41) is 3.65. The first-order chi connectivity index (χ1) is 10.2. The van der Waals surface area contributed by atoms with Gasteiger partial charge in [-0.15, -0.1) is 0 Å². The molecule has 0 bridgehead atoms.